The quantitative estimate of drug-likeness (QED) is 0.391. The van der Waals surface area contributed by atoms with E-state index in [1.165, 1.54) is 0 Å². The van der Waals surface area contributed by atoms with Gasteiger partial charge in [-0.25, -0.2) is 0 Å². The van der Waals surface area contributed by atoms with Crippen LogP contribution in [-0.4, -0.2) is 35.8 Å². The number of aliphatic hydroxyl groups excluding tert-OH is 2. The first-order valence-corrected chi connectivity index (χ1v) is 6.82. The Morgan fingerprint density at radius 3 is 2.60 bits per heavy atom. The van der Waals surface area contributed by atoms with Crippen molar-refractivity contribution < 1.29 is 19.7 Å². The molecule has 0 unspecified atom stereocenters. The molecule has 0 spiro atoms. The lowest BCUT2D eigenvalue weighted by Crippen LogP contribution is -2.34. The van der Waals surface area contributed by atoms with Crippen molar-refractivity contribution in [3.05, 3.63) is 48.6 Å². The van der Waals surface area contributed by atoms with E-state index < -0.39 is 6.10 Å². The average Bonchev–Trinajstić information content (AvgIpc) is 2.46. The molecule has 0 aliphatic carbocycles. The molecule has 2 N–H and O–H groups in total. The SMILES string of the molecule is C=CC[C@H](O)[C@H](CO)[C@@H](C)OCOCc1ccccc1. The third-order valence-corrected chi connectivity index (χ3v) is 3.24. The summed E-state index contributed by atoms with van der Waals surface area (Å²) in [4.78, 5) is 0. The lowest BCUT2D eigenvalue weighted by atomic mass is 9.95. The molecule has 112 valence electrons. The van der Waals surface area contributed by atoms with E-state index in [-0.39, 0.29) is 25.4 Å². The van der Waals surface area contributed by atoms with Crippen LogP contribution in [0.15, 0.2) is 43.0 Å². The van der Waals surface area contributed by atoms with Crippen LogP contribution in [0.3, 0.4) is 0 Å². The summed E-state index contributed by atoms with van der Waals surface area (Å²) < 4.78 is 10.9. The van der Waals surface area contributed by atoms with Gasteiger partial charge in [0.15, 0.2) is 0 Å². The van der Waals surface area contributed by atoms with E-state index in [1.807, 2.05) is 37.3 Å². The fraction of sp³-hybridized carbons (Fsp3) is 0.500. The van der Waals surface area contributed by atoms with Gasteiger partial charge in [-0.05, 0) is 18.9 Å². The van der Waals surface area contributed by atoms with E-state index in [4.69, 9.17) is 9.47 Å². The van der Waals surface area contributed by atoms with Crippen LogP contribution in [0, 0.1) is 5.92 Å². The molecule has 0 aliphatic rings. The molecule has 0 heterocycles. The highest BCUT2D eigenvalue weighted by molar-refractivity contribution is 5.13. The Kier molecular flexibility index (Phi) is 8.14. The fourth-order valence-electron chi connectivity index (χ4n) is 1.94. The average molecular weight is 280 g/mol. The van der Waals surface area contributed by atoms with Crippen LogP contribution >= 0.6 is 0 Å². The lowest BCUT2D eigenvalue weighted by molar-refractivity contribution is -0.127. The predicted octanol–water partition coefficient (Wildman–Crippen LogP) is 2.11. The van der Waals surface area contributed by atoms with Crippen molar-refractivity contribution in [2.24, 2.45) is 5.92 Å². The van der Waals surface area contributed by atoms with Crippen molar-refractivity contribution in [3.8, 4) is 0 Å². The van der Waals surface area contributed by atoms with Gasteiger partial charge in [0.1, 0.15) is 6.79 Å². The van der Waals surface area contributed by atoms with Gasteiger partial charge in [0.25, 0.3) is 0 Å². The summed E-state index contributed by atoms with van der Waals surface area (Å²) >= 11 is 0. The number of hydrogen-bond acceptors (Lipinski definition) is 4. The summed E-state index contributed by atoms with van der Waals surface area (Å²) in [5.74, 6) is -0.340. The van der Waals surface area contributed by atoms with Gasteiger partial charge in [0.05, 0.1) is 25.4 Å². The molecule has 0 aromatic heterocycles. The number of ether oxygens (including phenoxy) is 2. The topological polar surface area (TPSA) is 58.9 Å². The maximum atomic E-state index is 9.86. The molecule has 0 saturated carbocycles. The summed E-state index contributed by atoms with van der Waals surface area (Å²) in [5, 5.41) is 19.2. The Bertz CT molecular complexity index is 366. The predicted molar refractivity (Wildman–Crippen MR) is 78.0 cm³/mol. The highest BCUT2D eigenvalue weighted by Crippen LogP contribution is 2.15. The van der Waals surface area contributed by atoms with Gasteiger partial charge in [-0.1, -0.05) is 36.4 Å². The van der Waals surface area contributed by atoms with E-state index in [1.54, 1.807) is 6.08 Å². The van der Waals surface area contributed by atoms with Gasteiger partial charge >= 0.3 is 0 Å². The third kappa shape index (κ3) is 5.84. The minimum Gasteiger partial charge on any atom is -0.396 e. The largest absolute Gasteiger partial charge is 0.396 e. The number of rotatable bonds is 10. The summed E-state index contributed by atoms with van der Waals surface area (Å²) in [7, 11) is 0. The molecule has 20 heavy (non-hydrogen) atoms. The fourth-order valence-corrected chi connectivity index (χ4v) is 1.94. The molecular formula is C16H24O4. The van der Waals surface area contributed by atoms with Gasteiger partial charge in [0.2, 0.25) is 0 Å². The first kappa shape index (κ1) is 16.9. The first-order chi connectivity index (χ1) is 9.69. The highest BCUT2D eigenvalue weighted by Gasteiger charge is 2.24. The molecule has 0 fully saturated rings. The van der Waals surface area contributed by atoms with Crippen LogP contribution in [0.25, 0.3) is 0 Å². The molecule has 0 amide bonds. The molecule has 0 radical (unpaired) electrons. The number of hydrogen-bond donors (Lipinski definition) is 2. The molecule has 3 atom stereocenters. The number of benzene rings is 1. The van der Waals surface area contributed by atoms with Crippen molar-refractivity contribution >= 4 is 0 Å². The molecule has 1 aromatic carbocycles. The van der Waals surface area contributed by atoms with Gasteiger partial charge in [-0.2, -0.15) is 0 Å². The summed E-state index contributed by atoms with van der Waals surface area (Å²) in [6, 6.07) is 9.82. The second-order valence-electron chi connectivity index (χ2n) is 4.76. The smallest absolute Gasteiger partial charge is 0.147 e. The van der Waals surface area contributed by atoms with Gasteiger partial charge in [-0.15, -0.1) is 6.58 Å². The van der Waals surface area contributed by atoms with E-state index >= 15 is 0 Å². The molecule has 0 saturated heterocycles. The van der Waals surface area contributed by atoms with Crippen molar-refractivity contribution in [2.75, 3.05) is 13.4 Å². The van der Waals surface area contributed by atoms with Crippen LogP contribution in [0.5, 0.6) is 0 Å². The van der Waals surface area contributed by atoms with Crippen molar-refractivity contribution in [3.63, 3.8) is 0 Å². The Hall–Kier alpha value is -1.20. The molecular weight excluding hydrogens is 256 g/mol. The van der Waals surface area contributed by atoms with Gasteiger partial charge in [0, 0.05) is 5.92 Å². The van der Waals surface area contributed by atoms with Gasteiger partial charge < -0.3 is 19.7 Å². The van der Waals surface area contributed by atoms with Crippen LogP contribution in [0.2, 0.25) is 0 Å². The Labute approximate surface area is 120 Å². The van der Waals surface area contributed by atoms with Crippen molar-refractivity contribution in [1.82, 2.24) is 0 Å². The summed E-state index contributed by atoms with van der Waals surface area (Å²) in [6.45, 7) is 5.88. The van der Waals surface area contributed by atoms with E-state index in [2.05, 4.69) is 6.58 Å². The van der Waals surface area contributed by atoms with Gasteiger partial charge in [-0.3, -0.25) is 0 Å². The zero-order valence-corrected chi connectivity index (χ0v) is 11.9. The molecule has 0 bridgehead atoms. The van der Waals surface area contributed by atoms with Crippen LogP contribution in [0.4, 0.5) is 0 Å². The second kappa shape index (κ2) is 9.66. The summed E-state index contributed by atoms with van der Waals surface area (Å²) in [5.41, 5.74) is 1.08. The van der Waals surface area contributed by atoms with Crippen LogP contribution in [-0.2, 0) is 16.1 Å². The normalized spacial score (nSPS) is 15.6. The maximum absolute atomic E-state index is 9.86. The van der Waals surface area contributed by atoms with Crippen LogP contribution in [0.1, 0.15) is 18.9 Å². The van der Waals surface area contributed by atoms with Crippen molar-refractivity contribution in [2.45, 2.75) is 32.2 Å². The molecule has 1 rings (SSSR count). The lowest BCUT2D eigenvalue weighted by Gasteiger charge is -2.26. The Morgan fingerprint density at radius 2 is 2.00 bits per heavy atom. The standard InChI is InChI=1S/C16H24O4/c1-3-7-16(18)15(10-17)13(2)20-12-19-11-14-8-5-4-6-9-14/h3-6,8-9,13,15-18H,1,7,10-12H2,2H3/t13-,15-,16+/m1/s1. The van der Waals surface area contributed by atoms with E-state index in [0.717, 1.165) is 5.56 Å². The number of aliphatic hydroxyl groups is 2. The monoisotopic (exact) mass is 280 g/mol. The minimum absolute atomic E-state index is 0.130. The third-order valence-electron chi connectivity index (χ3n) is 3.24. The zero-order chi connectivity index (χ0) is 14.8. The zero-order valence-electron chi connectivity index (χ0n) is 11.9. The Morgan fingerprint density at radius 1 is 1.30 bits per heavy atom. The van der Waals surface area contributed by atoms with E-state index in [0.29, 0.717) is 13.0 Å². The molecule has 4 nitrogen and oxygen atoms in total. The first-order valence-electron chi connectivity index (χ1n) is 6.82. The molecule has 0 aliphatic heterocycles. The summed E-state index contributed by atoms with van der Waals surface area (Å²) in [6.07, 6.45) is 1.13. The van der Waals surface area contributed by atoms with E-state index in [9.17, 15) is 10.2 Å². The second-order valence-corrected chi connectivity index (χ2v) is 4.76. The molecule has 1 aromatic rings. The minimum atomic E-state index is -0.651. The van der Waals surface area contributed by atoms with Crippen LogP contribution < -0.4 is 0 Å². The van der Waals surface area contributed by atoms with Crippen molar-refractivity contribution in [1.29, 1.82) is 0 Å². The highest BCUT2D eigenvalue weighted by atomic mass is 16.7. The maximum Gasteiger partial charge on any atom is 0.147 e. The Balaban J connectivity index is 2.27. The molecule has 4 heteroatoms.